The van der Waals surface area contributed by atoms with Crippen molar-refractivity contribution in [1.82, 2.24) is 9.97 Å². The molecule has 0 fully saturated rings. The van der Waals surface area contributed by atoms with Gasteiger partial charge in [-0.2, -0.15) is 4.98 Å². The van der Waals surface area contributed by atoms with Crippen LogP contribution < -0.4 is 10.6 Å². The summed E-state index contributed by atoms with van der Waals surface area (Å²) in [5.74, 6) is 1.56. The largest absolute Gasteiger partial charge is 0.367 e. The van der Waals surface area contributed by atoms with E-state index in [0.717, 1.165) is 12.2 Å². The van der Waals surface area contributed by atoms with Crippen molar-refractivity contribution in [2.75, 3.05) is 17.7 Å². The standard InChI is InChI=1S/C11H20N4.C2H6/c1-4-6-9(5-2)14-10-7-8-13-11(12-3)15-10;1-2/h7-9H,4-6H2,1-3H3,(H2,12,13,14,15);1-2H3. The predicted molar refractivity (Wildman–Crippen MR) is 75.5 cm³/mol. The van der Waals surface area contributed by atoms with Gasteiger partial charge >= 0.3 is 0 Å². The molecule has 0 spiro atoms. The highest BCUT2D eigenvalue weighted by atomic mass is 15.1. The van der Waals surface area contributed by atoms with Crippen molar-refractivity contribution in [2.24, 2.45) is 0 Å². The third kappa shape index (κ3) is 6.09. The van der Waals surface area contributed by atoms with Crippen molar-refractivity contribution in [3.63, 3.8) is 0 Å². The van der Waals surface area contributed by atoms with Crippen LogP contribution in [0.1, 0.15) is 47.0 Å². The molecule has 4 heteroatoms. The van der Waals surface area contributed by atoms with E-state index in [1.165, 1.54) is 12.8 Å². The number of nitrogens with zero attached hydrogens (tertiary/aromatic N) is 2. The van der Waals surface area contributed by atoms with Crippen LogP contribution in [0.15, 0.2) is 12.3 Å². The molecule has 0 saturated heterocycles. The molecular weight excluding hydrogens is 212 g/mol. The lowest BCUT2D eigenvalue weighted by molar-refractivity contribution is 0.620. The number of nitrogens with one attached hydrogen (secondary N) is 2. The van der Waals surface area contributed by atoms with Gasteiger partial charge in [-0.15, -0.1) is 0 Å². The second kappa shape index (κ2) is 9.87. The van der Waals surface area contributed by atoms with Crippen molar-refractivity contribution in [3.05, 3.63) is 12.3 Å². The molecular formula is C13H26N4. The molecule has 0 aliphatic carbocycles. The normalized spacial score (nSPS) is 11.1. The Bertz CT molecular complexity index is 289. The lowest BCUT2D eigenvalue weighted by Crippen LogP contribution is -2.19. The van der Waals surface area contributed by atoms with Gasteiger partial charge in [0.05, 0.1) is 0 Å². The first-order valence-electron chi connectivity index (χ1n) is 6.57. The fraction of sp³-hybridized carbons (Fsp3) is 0.692. The number of aromatic nitrogens is 2. The van der Waals surface area contributed by atoms with Crippen LogP contribution in [0.5, 0.6) is 0 Å². The van der Waals surface area contributed by atoms with Gasteiger partial charge in [-0.05, 0) is 18.9 Å². The molecule has 1 unspecified atom stereocenters. The quantitative estimate of drug-likeness (QED) is 0.796. The summed E-state index contributed by atoms with van der Waals surface area (Å²) in [6.07, 6.45) is 5.25. The van der Waals surface area contributed by atoms with E-state index in [2.05, 4.69) is 34.4 Å². The van der Waals surface area contributed by atoms with Gasteiger partial charge in [-0.1, -0.05) is 34.1 Å². The second-order valence-electron chi connectivity index (χ2n) is 3.55. The fourth-order valence-electron chi connectivity index (χ4n) is 1.50. The van der Waals surface area contributed by atoms with Crippen molar-refractivity contribution in [3.8, 4) is 0 Å². The average Bonchev–Trinajstić information content (AvgIpc) is 2.40. The summed E-state index contributed by atoms with van der Waals surface area (Å²) in [6, 6.07) is 2.41. The topological polar surface area (TPSA) is 49.8 Å². The molecule has 17 heavy (non-hydrogen) atoms. The Balaban J connectivity index is 0.00000121. The van der Waals surface area contributed by atoms with E-state index < -0.39 is 0 Å². The summed E-state index contributed by atoms with van der Waals surface area (Å²) < 4.78 is 0. The van der Waals surface area contributed by atoms with Gasteiger partial charge in [0.15, 0.2) is 0 Å². The van der Waals surface area contributed by atoms with Crippen LogP contribution in [-0.2, 0) is 0 Å². The summed E-state index contributed by atoms with van der Waals surface area (Å²) in [6.45, 7) is 8.39. The van der Waals surface area contributed by atoms with E-state index in [9.17, 15) is 0 Å². The third-order valence-electron chi connectivity index (χ3n) is 2.36. The molecule has 0 amide bonds. The van der Waals surface area contributed by atoms with Gasteiger partial charge in [-0.25, -0.2) is 4.98 Å². The van der Waals surface area contributed by atoms with Crippen LogP contribution in [0.2, 0.25) is 0 Å². The van der Waals surface area contributed by atoms with Crippen molar-refractivity contribution < 1.29 is 0 Å². The number of hydrogen-bond acceptors (Lipinski definition) is 4. The summed E-state index contributed by atoms with van der Waals surface area (Å²) >= 11 is 0. The minimum absolute atomic E-state index is 0.509. The van der Waals surface area contributed by atoms with Gasteiger partial charge in [0, 0.05) is 19.3 Å². The Labute approximate surface area is 105 Å². The van der Waals surface area contributed by atoms with E-state index in [1.54, 1.807) is 6.20 Å². The summed E-state index contributed by atoms with van der Waals surface area (Å²) in [7, 11) is 1.82. The van der Waals surface area contributed by atoms with E-state index in [0.29, 0.717) is 12.0 Å². The van der Waals surface area contributed by atoms with Gasteiger partial charge in [-0.3, -0.25) is 0 Å². The minimum Gasteiger partial charge on any atom is -0.367 e. The van der Waals surface area contributed by atoms with Crippen molar-refractivity contribution in [1.29, 1.82) is 0 Å². The van der Waals surface area contributed by atoms with Crippen molar-refractivity contribution >= 4 is 11.8 Å². The molecule has 0 bridgehead atoms. The number of rotatable bonds is 6. The maximum atomic E-state index is 4.33. The van der Waals surface area contributed by atoms with Gasteiger partial charge in [0.1, 0.15) is 5.82 Å². The first kappa shape index (κ1) is 15.7. The Morgan fingerprint density at radius 3 is 2.53 bits per heavy atom. The Morgan fingerprint density at radius 1 is 1.29 bits per heavy atom. The van der Waals surface area contributed by atoms with Crippen LogP contribution in [0.3, 0.4) is 0 Å². The molecule has 0 radical (unpaired) electrons. The van der Waals surface area contributed by atoms with Gasteiger partial charge in [0.25, 0.3) is 0 Å². The SMILES string of the molecule is CC.CCCC(CC)Nc1ccnc(NC)n1. The summed E-state index contributed by atoms with van der Waals surface area (Å²) in [5, 5.41) is 6.34. The zero-order chi connectivity index (χ0) is 13.1. The number of anilines is 2. The molecule has 2 N–H and O–H groups in total. The predicted octanol–water partition coefficient (Wildman–Crippen LogP) is 3.54. The first-order valence-corrected chi connectivity index (χ1v) is 6.57. The smallest absolute Gasteiger partial charge is 0.224 e. The maximum Gasteiger partial charge on any atom is 0.224 e. The summed E-state index contributed by atoms with van der Waals surface area (Å²) in [5.41, 5.74) is 0. The van der Waals surface area contributed by atoms with E-state index in [4.69, 9.17) is 0 Å². The minimum atomic E-state index is 0.509. The lowest BCUT2D eigenvalue weighted by Gasteiger charge is -2.16. The molecule has 0 saturated carbocycles. The lowest BCUT2D eigenvalue weighted by atomic mass is 10.1. The van der Waals surface area contributed by atoms with Crippen LogP contribution >= 0.6 is 0 Å². The molecule has 1 atom stereocenters. The van der Waals surface area contributed by atoms with Crippen LogP contribution in [0, 0.1) is 0 Å². The molecule has 1 rings (SSSR count). The van der Waals surface area contributed by atoms with E-state index in [-0.39, 0.29) is 0 Å². The Hall–Kier alpha value is -1.32. The molecule has 1 aromatic rings. The van der Waals surface area contributed by atoms with Crippen LogP contribution in [0.4, 0.5) is 11.8 Å². The maximum absolute atomic E-state index is 4.33. The molecule has 0 aromatic carbocycles. The van der Waals surface area contributed by atoms with Gasteiger partial charge in [0.2, 0.25) is 5.95 Å². The Kier molecular flexibility index (Phi) is 9.11. The highest BCUT2D eigenvalue weighted by molar-refractivity contribution is 5.39. The van der Waals surface area contributed by atoms with Crippen LogP contribution in [-0.4, -0.2) is 23.1 Å². The highest BCUT2D eigenvalue weighted by Gasteiger charge is 2.05. The zero-order valence-electron chi connectivity index (χ0n) is 11.7. The number of hydrogen-bond donors (Lipinski definition) is 2. The zero-order valence-corrected chi connectivity index (χ0v) is 11.7. The monoisotopic (exact) mass is 238 g/mol. The molecule has 1 heterocycles. The molecule has 0 aliphatic heterocycles. The molecule has 0 aliphatic rings. The second-order valence-corrected chi connectivity index (χ2v) is 3.55. The van der Waals surface area contributed by atoms with Crippen LogP contribution in [0.25, 0.3) is 0 Å². The van der Waals surface area contributed by atoms with E-state index >= 15 is 0 Å². The highest BCUT2D eigenvalue weighted by Crippen LogP contribution is 2.11. The molecule has 4 nitrogen and oxygen atoms in total. The van der Waals surface area contributed by atoms with Gasteiger partial charge < -0.3 is 10.6 Å². The molecule has 98 valence electrons. The third-order valence-corrected chi connectivity index (χ3v) is 2.36. The van der Waals surface area contributed by atoms with E-state index in [1.807, 2.05) is 27.0 Å². The summed E-state index contributed by atoms with van der Waals surface area (Å²) in [4.78, 5) is 8.40. The first-order chi connectivity index (χ1) is 8.30. The van der Waals surface area contributed by atoms with Crippen molar-refractivity contribution in [2.45, 2.75) is 53.0 Å². The fourth-order valence-corrected chi connectivity index (χ4v) is 1.50. The Morgan fingerprint density at radius 2 is 2.00 bits per heavy atom. The average molecular weight is 238 g/mol. The molecule has 1 aromatic heterocycles.